The van der Waals surface area contributed by atoms with Crippen LogP contribution in [0.2, 0.25) is 0 Å². The van der Waals surface area contributed by atoms with Gasteiger partial charge in [0.2, 0.25) is 0 Å². The monoisotopic (exact) mass is 470 g/mol. The van der Waals surface area contributed by atoms with Gasteiger partial charge in [0.05, 0.1) is 35.5 Å². The number of carbonyl (C=O) groups is 1. The summed E-state index contributed by atoms with van der Waals surface area (Å²) in [5.74, 6) is -0.00257. The molecule has 0 radical (unpaired) electrons. The Morgan fingerprint density at radius 1 is 0.971 bits per heavy atom. The minimum atomic E-state index is -0.232. The second-order valence-corrected chi connectivity index (χ2v) is 10.2. The van der Waals surface area contributed by atoms with Gasteiger partial charge in [-0.3, -0.25) is 19.6 Å². The lowest BCUT2D eigenvalue weighted by atomic mass is 10.0. The number of amides is 1. The lowest BCUT2D eigenvalue weighted by Gasteiger charge is -2.40. The number of morpholine rings is 1. The van der Waals surface area contributed by atoms with Crippen LogP contribution < -0.4 is 5.32 Å². The van der Waals surface area contributed by atoms with Crippen LogP contribution in [0.15, 0.2) is 60.7 Å². The molecule has 2 saturated heterocycles. The minimum Gasteiger partial charge on any atom is -0.379 e. The Bertz CT molecular complexity index is 1180. The number of benzene rings is 2. The van der Waals surface area contributed by atoms with Gasteiger partial charge in [-0.15, -0.1) is 0 Å². The Kier molecular flexibility index (Phi) is 6.27. The number of nitrogens with zero attached hydrogens (tertiary/aromatic N) is 3. The predicted molar refractivity (Wildman–Crippen MR) is 137 cm³/mol. The van der Waals surface area contributed by atoms with E-state index in [0.29, 0.717) is 6.04 Å². The molecule has 2 aliphatic heterocycles. The number of piperidine rings is 1. The maximum atomic E-state index is 13.6. The van der Waals surface area contributed by atoms with Crippen molar-refractivity contribution in [3.8, 4) is 0 Å². The highest BCUT2D eigenvalue weighted by Gasteiger charge is 2.45. The summed E-state index contributed by atoms with van der Waals surface area (Å²) >= 11 is 0. The van der Waals surface area contributed by atoms with Crippen molar-refractivity contribution in [2.75, 3.05) is 39.4 Å². The first kappa shape index (κ1) is 22.7. The van der Waals surface area contributed by atoms with Crippen LogP contribution in [0.3, 0.4) is 0 Å². The van der Waals surface area contributed by atoms with Crippen LogP contribution in [0.25, 0.3) is 10.9 Å². The quantitative estimate of drug-likeness (QED) is 0.591. The second-order valence-electron chi connectivity index (χ2n) is 10.2. The molecule has 3 aliphatic rings. The fourth-order valence-corrected chi connectivity index (χ4v) is 5.77. The van der Waals surface area contributed by atoms with E-state index in [1.165, 1.54) is 18.4 Å². The predicted octanol–water partition coefficient (Wildman–Crippen LogP) is 3.95. The van der Waals surface area contributed by atoms with Gasteiger partial charge in [0.1, 0.15) is 0 Å². The smallest absolute Gasteiger partial charge is 0.252 e. The molecule has 3 heterocycles. The molecular weight excluding hydrogens is 436 g/mol. The number of aromatic nitrogens is 1. The molecule has 0 unspecified atom stereocenters. The highest BCUT2D eigenvalue weighted by atomic mass is 16.5. The lowest BCUT2D eigenvalue weighted by molar-refractivity contribution is 0.000142. The van der Waals surface area contributed by atoms with Crippen molar-refractivity contribution in [2.45, 2.75) is 43.8 Å². The standard InChI is InChI=1S/C29H34N4O2/c34-28(31-29(12-13-29)22-6-2-1-3-7-22)26-20-23(30-27-9-5-4-8-25(26)27)21-32-14-10-24(11-15-32)33-16-18-35-19-17-33/h1-9,20,24H,10-19,21H2,(H,31,34). The van der Waals surface area contributed by atoms with Crippen LogP contribution in [0, 0.1) is 0 Å². The van der Waals surface area contributed by atoms with Gasteiger partial charge in [0.25, 0.3) is 5.91 Å². The number of fused-ring (bicyclic) bond motifs is 1. The fraction of sp³-hybridized carbons (Fsp3) is 0.448. The molecule has 182 valence electrons. The van der Waals surface area contributed by atoms with Crippen LogP contribution in [-0.2, 0) is 16.8 Å². The van der Waals surface area contributed by atoms with Gasteiger partial charge in [-0.1, -0.05) is 48.5 Å². The van der Waals surface area contributed by atoms with Crippen LogP contribution in [0.1, 0.15) is 47.3 Å². The Hall–Kier alpha value is -2.80. The van der Waals surface area contributed by atoms with Crippen molar-refractivity contribution >= 4 is 16.8 Å². The summed E-state index contributed by atoms with van der Waals surface area (Å²) in [5, 5.41) is 4.29. The first-order valence-corrected chi connectivity index (χ1v) is 13.0. The zero-order valence-corrected chi connectivity index (χ0v) is 20.3. The molecule has 1 aromatic heterocycles. The van der Waals surface area contributed by atoms with Gasteiger partial charge in [-0.25, -0.2) is 0 Å². The molecule has 3 aromatic rings. The van der Waals surface area contributed by atoms with Crippen LogP contribution >= 0.6 is 0 Å². The maximum Gasteiger partial charge on any atom is 0.252 e. The van der Waals surface area contributed by atoms with Gasteiger partial charge >= 0.3 is 0 Å². The van der Waals surface area contributed by atoms with Gasteiger partial charge in [-0.05, 0) is 43.4 Å². The van der Waals surface area contributed by atoms with Crippen molar-refractivity contribution in [3.63, 3.8) is 0 Å². The highest BCUT2D eigenvalue weighted by molar-refractivity contribution is 6.06. The van der Waals surface area contributed by atoms with Crippen molar-refractivity contribution in [1.82, 2.24) is 20.1 Å². The molecule has 1 aliphatic carbocycles. The van der Waals surface area contributed by atoms with E-state index < -0.39 is 0 Å². The van der Waals surface area contributed by atoms with E-state index in [0.717, 1.165) is 80.9 Å². The van der Waals surface area contributed by atoms with Crippen molar-refractivity contribution in [1.29, 1.82) is 0 Å². The number of ether oxygens (including phenoxy) is 1. The summed E-state index contributed by atoms with van der Waals surface area (Å²) in [5.41, 5.74) is 3.56. The number of carbonyl (C=O) groups excluding carboxylic acids is 1. The van der Waals surface area contributed by atoms with Crippen LogP contribution in [0.4, 0.5) is 0 Å². The van der Waals surface area contributed by atoms with Crippen molar-refractivity contribution < 1.29 is 9.53 Å². The molecule has 3 fully saturated rings. The van der Waals surface area contributed by atoms with Crippen LogP contribution in [-0.4, -0.2) is 66.1 Å². The number of hydrogen-bond acceptors (Lipinski definition) is 5. The molecule has 0 bridgehead atoms. The SMILES string of the molecule is O=C(NC1(c2ccccc2)CC1)c1cc(CN2CCC(N3CCOCC3)CC2)nc2ccccc12. The molecule has 0 atom stereocenters. The van der Waals surface area contributed by atoms with Gasteiger partial charge in [0.15, 0.2) is 0 Å². The van der Waals surface area contributed by atoms with E-state index in [9.17, 15) is 4.79 Å². The van der Waals surface area contributed by atoms with E-state index >= 15 is 0 Å². The topological polar surface area (TPSA) is 57.7 Å². The molecule has 6 nitrogen and oxygen atoms in total. The first-order chi connectivity index (χ1) is 17.2. The normalized spacial score (nSPS) is 21.1. The third-order valence-electron chi connectivity index (χ3n) is 7.95. The molecule has 2 aromatic carbocycles. The molecule has 1 N–H and O–H groups in total. The van der Waals surface area contributed by atoms with E-state index in [4.69, 9.17) is 9.72 Å². The molecule has 0 spiro atoms. The number of likely N-dealkylation sites (tertiary alicyclic amines) is 1. The Morgan fingerprint density at radius 3 is 2.43 bits per heavy atom. The van der Waals surface area contributed by atoms with Crippen molar-refractivity contribution in [2.24, 2.45) is 0 Å². The first-order valence-electron chi connectivity index (χ1n) is 13.0. The van der Waals surface area contributed by atoms with Gasteiger partial charge in [0, 0.05) is 44.2 Å². The summed E-state index contributed by atoms with van der Waals surface area (Å²) in [6, 6.07) is 21.0. The van der Waals surface area contributed by atoms with Crippen LogP contribution in [0.5, 0.6) is 0 Å². The zero-order valence-electron chi connectivity index (χ0n) is 20.3. The maximum absolute atomic E-state index is 13.6. The summed E-state index contributed by atoms with van der Waals surface area (Å²) in [7, 11) is 0. The molecule has 1 amide bonds. The van der Waals surface area contributed by atoms with E-state index in [-0.39, 0.29) is 11.4 Å². The summed E-state index contributed by atoms with van der Waals surface area (Å²) in [4.78, 5) is 23.6. The minimum absolute atomic E-state index is 0.00257. The average molecular weight is 471 g/mol. The number of hydrogen-bond donors (Lipinski definition) is 1. The van der Waals surface area contributed by atoms with Gasteiger partial charge < -0.3 is 10.1 Å². The molecule has 1 saturated carbocycles. The van der Waals surface area contributed by atoms with E-state index in [2.05, 4.69) is 27.2 Å². The number of para-hydroxylation sites is 1. The third kappa shape index (κ3) is 4.83. The van der Waals surface area contributed by atoms with Gasteiger partial charge in [-0.2, -0.15) is 0 Å². The fourth-order valence-electron chi connectivity index (χ4n) is 5.77. The zero-order chi connectivity index (χ0) is 23.7. The number of rotatable bonds is 6. The Labute approximate surface area is 207 Å². The summed E-state index contributed by atoms with van der Waals surface area (Å²) < 4.78 is 5.52. The number of nitrogens with one attached hydrogen (secondary N) is 1. The molecule has 6 rings (SSSR count). The molecule has 35 heavy (non-hydrogen) atoms. The second kappa shape index (κ2) is 9.69. The summed E-state index contributed by atoms with van der Waals surface area (Å²) in [6.07, 6.45) is 4.33. The average Bonchev–Trinajstić information content (AvgIpc) is 3.70. The Balaban J connectivity index is 1.18. The Morgan fingerprint density at radius 2 is 1.69 bits per heavy atom. The summed E-state index contributed by atoms with van der Waals surface area (Å²) in [6.45, 7) is 6.74. The highest BCUT2D eigenvalue weighted by Crippen LogP contribution is 2.45. The van der Waals surface area contributed by atoms with Crippen molar-refractivity contribution in [3.05, 3.63) is 77.5 Å². The molecular formula is C29H34N4O2. The number of pyridine rings is 1. The van der Waals surface area contributed by atoms with E-state index in [1.54, 1.807) is 0 Å². The van der Waals surface area contributed by atoms with E-state index in [1.807, 2.05) is 48.5 Å². The largest absolute Gasteiger partial charge is 0.379 e. The molecule has 6 heteroatoms. The third-order valence-corrected chi connectivity index (χ3v) is 7.95. The lowest BCUT2D eigenvalue weighted by Crippen LogP contribution is -2.48.